The van der Waals surface area contributed by atoms with Gasteiger partial charge in [0.1, 0.15) is 0 Å². The third kappa shape index (κ3) is 3.97. The van der Waals surface area contributed by atoms with Gasteiger partial charge in [-0.25, -0.2) is 0 Å². The van der Waals surface area contributed by atoms with Crippen molar-refractivity contribution in [1.29, 1.82) is 0 Å². The number of aryl methyl sites for hydroxylation is 1. The number of hydrogen-bond acceptors (Lipinski definition) is 2. The molecule has 1 rings (SSSR count). The van der Waals surface area contributed by atoms with Crippen LogP contribution in [0.2, 0.25) is 0 Å². The van der Waals surface area contributed by atoms with E-state index < -0.39 is 0 Å². The highest BCUT2D eigenvalue weighted by Gasteiger charge is 2.07. The summed E-state index contributed by atoms with van der Waals surface area (Å²) < 4.78 is 2.08. The standard InChI is InChI=1S/C13H24N2O/c1-4-13(5-2)15-10-9-12(14-15)8-6-7-11(3)16/h9-11,13,16H,4-8H2,1-3H3. The highest BCUT2D eigenvalue weighted by atomic mass is 16.3. The van der Waals surface area contributed by atoms with Gasteiger partial charge in [-0.15, -0.1) is 0 Å². The normalized spacial score (nSPS) is 13.3. The fraction of sp³-hybridized carbons (Fsp3) is 0.769. The fourth-order valence-corrected chi connectivity index (χ4v) is 1.96. The topological polar surface area (TPSA) is 38.0 Å². The van der Waals surface area contributed by atoms with E-state index in [9.17, 15) is 5.11 Å². The largest absolute Gasteiger partial charge is 0.393 e. The number of aliphatic hydroxyl groups excluding tert-OH is 1. The van der Waals surface area contributed by atoms with Crippen LogP contribution in [0, 0.1) is 0 Å². The van der Waals surface area contributed by atoms with E-state index in [1.807, 2.05) is 6.92 Å². The van der Waals surface area contributed by atoms with Crippen LogP contribution in [0.1, 0.15) is 58.2 Å². The van der Waals surface area contributed by atoms with Gasteiger partial charge in [0.05, 0.1) is 17.8 Å². The molecular weight excluding hydrogens is 200 g/mol. The molecule has 1 aromatic rings. The number of aliphatic hydroxyl groups is 1. The van der Waals surface area contributed by atoms with Crippen molar-refractivity contribution in [2.24, 2.45) is 0 Å². The molecule has 0 spiro atoms. The Morgan fingerprint density at radius 2 is 2.06 bits per heavy atom. The van der Waals surface area contributed by atoms with Crippen LogP contribution < -0.4 is 0 Å². The predicted molar refractivity (Wildman–Crippen MR) is 66.5 cm³/mol. The van der Waals surface area contributed by atoms with Gasteiger partial charge in [0.2, 0.25) is 0 Å². The molecule has 0 aliphatic heterocycles. The molecule has 0 saturated heterocycles. The zero-order valence-corrected chi connectivity index (χ0v) is 10.7. The molecule has 0 fully saturated rings. The van der Waals surface area contributed by atoms with Crippen LogP contribution >= 0.6 is 0 Å². The van der Waals surface area contributed by atoms with Crippen LogP contribution in [0.4, 0.5) is 0 Å². The van der Waals surface area contributed by atoms with E-state index in [1.54, 1.807) is 0 Å². The molecule has 1 aromatic heterocycles. The van der Waals surface area contributed by atoms with Crippen LogP contribution in [0.25, 0.3) is 0 Å². The first kappa shape index (κ1) is 13.2. The molecule has 0 bridgehead atoms. The monoisotopic (exact) mass is 224 g/mol. The Morgan fingerprint density at radius 3 is 2.62 bits per heavy atom. The van der Waals surface area contributed by atoms with E-state index in [4.69, 9.17) is 0 Å². The quantitative estimate of drug-likeness (QED) is 0.773. The first-order valence-corrected chi connectivity index (χ1v) is 6.39. The first-order valence-electron chi connectivity index (χ1n) is 6.39. The van der Waals surface area contributed by atoms with Crippen LogP contribution in [-0.4, -0.2) is 21.0 Å². The molecular formula is C13H24N2O. The van der Waals surface area contributed by atoms with Crippen molar-refractivity contribution in [2.75, 3.05) is 0 Å². The zero-order chi connectivity index (χ0) is 12.0. The first-order chi connectivity index (χ1) is 7.67. The molecule has 0 saturated carbocycles. The lowest BCUT2D eigenvalue weighted by Crippen LogP contribution is -2.08. The van der Waals surface area contributed by atoms with Gasteiger partial charge < -0.3 is 5.11 Å². The van der Waals surface area contributed by atoms with Gasteiger partial charge in [0.25, 0.3) is 0 Å². The maximum Gasteiger partial charge on any atom is 0.0624 e. The minimum atomic E-state index is -0.193. The van der Waals surface area contributed by atoms with Crippen molar-refractivity contribution >= 4 is 0 Å². The third-order valence-electron chi connectivity index (χ3n) is 3.04. The van der Waals surface area contributed by atoms with E-state index in [0.29, 0.717) is 6.04 Å². The van der Waals surface area contributed by atoms with E-state index in [-0.39, 0.29) is 6.10 Å². The highest BCUT2D eigenvalue weighted by molar-refractivity contribution is 4.99. The van der Waals surface area contributed by atoms with Crippen molar-refractivity contribution in [3.8, 4) is 0 Å². The molecule has 0 amide bonds. The van der Waals surface area contributed by atoms with Gasteiger partial charge >= 0.3 is 0 Å². The lowest BCUT2D eigenvalue weighted by molar-refractivity contribution is 0.181. The Balaban J connectivity index is 2.44. The average Bonchev–Trinajstić information content (AvgIpc) is 2.68. The second-order valence-electron chi connectivity index (χ2n) is 4.50. The van der Waals surface area contributed by atoms with Gasteiger partial charge in [0, 0.05) is 6.20 Å². The van der Waals surface area contributed by atoms with Crippen molar-refractivity contribution in [1.82, 2.24) is 9.78 Å². The molecule has 0 aliphatic carbocycles. The number of rotatable bonds is 7. The van der Waals surface area contributed by atoms with Gasteiger partial charge in [-0.05, 0) is 45.1 Å². The molecule has 92 valence electrons. The van der Waals surface area contributed by atoms with Crippen molar-refractivity contribution in [3.63, 3.8) is 0 Å². The lowest BCUT2D eigenvalue weighted by Gasteiger charge is -2.12. The van der Waals surface area contributed by atoms with Crippen LogP contribution in [0.5, 0.6) is 0 Å². The molecule has 1 atom stereocenters. The summed E-state index contributed by atoms with van der Waals surface area (Å²) >= 11 is 0. The second kappa shape index (κ2) is 6.69. The Hall–Kier alpha value is -0.830. The predicted octanol–water partition coefficient (Wildman–Crippen LogP) is 2.95. The maximum absolute atomic E-state index is 9.17. The Bertz CT molecular complexity index is 290. The molecule has 0 radical (unpaired) electrons. The lowest BCUT2D eigenvalue weighted by atomic mass is 10.1. The van der Waals surface area contributed by atoms with Crippen molar-refractivity contribution in [2.45, 2.75) is 65.0 Å². The van der Waals surface area contributed by atoms with Crippen LogP contribution in [-0.2, 0) is 6.42 Å². The van der Waals surface area contributed by atoms with Gasteiger partial charge in [-0.2, -0.15) is 5.10 Å². The molecule has 0 aromatic carbocycles. The Kier molecular flexibility index (Phi) is 5.53. The summed E-state index contributed by atoms with van der Waals surface area (Å²) in [4.78, 5) is 0. The summed E-state index contributed by atoms with van der Waals surface area (Å²) in [6.07, 6.45) is 6.99. The Morgan fingerprint density at radius 1 is 1.38 bits per heavy atom. The summed E-state index contributed by atoms with van der Waals surface area (Å²) in [7, 11) is 0. The van der Waals surface area contributed by atoms with E-state index in [2.05, 4.69) is 35.9 Å². The molecule has 16 heavy (non-hydrogen) atoms. The van der Waals surface area contributed by atoms with Crippen molar-refractivity contribution in [3.05, 3.63) is 18.0 Å². The number of hydrogen-bond donors (Lipinski definition) is 1. The van der Waals surface area contributed by atoms with Gasteiger partial charge in [0.15, 0.2) is 0 Å². The molecule has 3 nitrogen and oxygen atoms in total. The zero-order valence-electron chi connectivity index (χ0n) is 10.7. The average molecular weight is 224 g/mol. The van der Waals surface area contributed by atoms with E-state index >= 15 is 0 Å². The minimum absolute atomic E-state index is 0.193. The minimum Gasteiger partial charge on any atom is -0.393 e. The molecule has 1 N–H and O–H groups in total. The summed E-state index contributed by atoms with van der Waals surface area (Å²) in [5, 5.41) is 13.8. The van der Waals surface area contributed by atoms with Gasteiger partial charge in [-0.3, -0.25) is 4.68 Å². The summed E-state index contributed by atoms with van der Waals surface area (Å²) in [5.41, 5.74) is 1.15. The number of aromatic nitrogens is 2. The molecule has 3 heteroatoms. The Labute approximate surface area is 98.5 Å². The van der Waals surface area contributed by atoms with E-state index in [1.165, 1.54) is 0 Å². The summed E-state index contributed by atoms with van der Waals surface area (Å²) in [6.45, 7) is 6.23. The number of nitrogens with zero attached hydrogens (tertiary/aromatic N) is 2. The van der Waals surface area contributed by atoms with Gasteiger partial charge in [-0.1, -0.05) is 13.8 Å². The van der Waals surface area contributed by atoms with Crippen LogP contribution in [0.15, 0.2) is 12.3 Å². The third-order valence-corrected chi connectivity index (χ3v) is 3.04. The SMILES string of the molecule is CCC(CC)n1ccc(CCCC(C)O)n1. The van der Waals surface area contributed by atoms with Crippen LogP contribution in [0.3, 0.4) is 0 Å². The fourth-order valence-electron chi connectivity index (χ4n) is 1.96. The second-order valence-corrected chi connectivity index (χ2v) is 4.50. The highest BCUT2D eigenvalue weighted by Crippen LogP contribution is 2.15. The summed E-state index contributed by atoms with van der Waals surface area (Å²) in [6, 6.07) is 2.63. The maximum atomic E-state index is 9.17. The smallest absolute Gasteiger partial charge is 0.0624 e. The summed E-state index contributed by atoms with van der Waals surface area (Å²) in [5.74, 6) is 0. The van der Waals surface area contributed by atoms with Crippen molar-refractivity contribution < 1.29 is 5.11 Å². The molecule has 0 aliphatic rings. The molecule has 1 heterocycles. The molecule has 1 unspecified atom stereocenters. The van der Waals surface area contributed by atoms with E-state index in [0.717, 1.165) is 37.8 Å².